The molecule has 1 aromatic carbocycles. The topological polar surface area (TPSA) is 16.6 Å². The summed E-state index contributed by atoms with van der Waals surface area (Å²) >= 11 is 0. The van der Waals surface area contributed by atoms with Crippen LogP contribution < -0.4 is 5.32 Å². The van der Waals surface area contributed by atoms with Crippen molar-refractivity contribution in [2.75, 3.05) is 0 Å². The average Bonchev–Trinajstić information content (AvgIpc) is 2.38. The van der Waals surface area contributed by atoms with Crippen LogP contribution in [0.15, 0.2) is 24.3 Å². The number of benzene rings is 1. The van der Waals surface area contributed by atoms with Crippen LogP contribution in [0.5, 0.6) is 0 Å². The van der Waals surface area contributed by atoms with Crippen LogP contribution in [0.1, 0.15) is 63.0 Å². The summed E-state index contributed by atoms with van der Waals surface area (Å²) in [4.78, 5) is 0. The van der Waals surface area contributed by atoms with Crippen molar-refractivity contribution in [3.63, 3.8) is 0 Å². The monoisotopic (exact) mass is 246 g/mol. The zero-order valence-corrected chi connectivity index (χ0v) is 11.8. The number of aryl methyl sites for hydroxylation is 1. The van der Waals surface area contributed by atoms with Crippen LogP contribution in [-0.2, 0) is 13.0 Å². The van der Waals surface area contributed by atoms with Crippen LogP contribution in [-0.4, -0.2) is 6.04 Å². The third-order valence-electron chi connectivity index (χ3n) is 4.27. The summed E-state index contributed by atoms with van der Waals surface area (Å²) in [5.74, 6) is 0. The lowest BCUT2D eigenvalue weighted by Gasteiger charge is -2.18. The molecule has 0 heterocycles. The first-order valence-corrected chi connectivity index (χ1v) is 7.79. The molecule has 0 spiro atoms. The van der Waals surface area contributed by atoms with Gasteiger partial charge in [-0.1, -0.05) is 50.5 Å². The molecule has 2 N–H and O–H groups in total. The quantitative estimate of drug-likeness (QED) is 0.838. The Morgan fingerprint density at radius 2 is 1.44 bits per heavy atom. The van der Waals surface area contributed by atoms with E-state index in [0.717, 1.165) is 19.0 Å². The fourth-order valence-corrected chi connectivity index (χ4v) is 2.94. The summed E-state index contributed by atoms with van der Waals surface area (Å²) in [5.41, 5.74) is 2.93. The van der Waals surface area contributed by atoms with E-state index in [1.807, 2.05) is 0 Å². The van der Waals surface area contributed by atoms with Crippen molar-refractivity contribution in [3.05, 3.63) is 35.4 Å². The second-order valence-corrected chi connectivity index (χ2v) is 5.72. The summed E-state index contributed by atoms with van der Waals surface area (Å²) in [6, 6.07) is 10.0. The fourth-order valence-electron chi connectivity index (χ4n) is 2.94. The zero-order chi connectivity index (χ0) is 12.6. The Bertz CT molecular complexity index is 320. The second kappa shape index (κ2) is 7.58. The van der Waals surface area contributed by atoms with E-state index in [9.17, 15) is 0 Å². The molecular formula is C17H28N+. The molecule has 1 aliphatic rings. The number of hydrogen-bond acceptors (Lipinski definition) is 0. The minimum atomic E-state index is 0.871. The van der Waals surface area contributed by atoms with Crippen LogP contribution in [0.3, 0.4) is 0 Å². The van der Waals surface area contributed by atoms with Crippen molar-refractivity contribution in [1.82, 2.24) is 0 Å². The number of quaternary nitrogens is 1. The summed E-state index contributed by atoms with van der Waals surface area (Å²) in [6.45, 7) is 3.38. The van der Waals surface area contributed by atoms with Gasteiger partial charge in [-0.15, -0.1) is 0 Å². The Balaban J connectivity index is 1.78. The zero-order valence-electron chi connectivity index (χ0n) is 11.8. The Labute approximate surface area is 112 Å². The molecule has 0 radical (unpaired) electrons. The lowest BCUT2D eigenvalue weighted by atomic mass is 9.96. The van der Waals surface area contributed by atoms with Gasteiger partial charge in [0.2, 0.25) is 0 Å². The summed E-state index contributed by atoms with van der Waals surface area (Å²) in [6.07, 6.45) is 11.2. The van der Waals surface area contributed by atoms with Crippen molar-refractivity contribution < 1.29 is 5.32 Å². The summed E-state index contributed by atoms with van der Waals surface area (Å²) in [5, 5.41) is 2.58. The molecule has 0 saturated heterocycles. The maximum absolute atomic E-state index is 2.58. The van der Waals surface area contributed by atoms with E-state index < -0.39 is 0 Å². The maximum atomic E-state index is 2.58. The van der Waals surface area contributed by atoms with E-state index in [1.165, 1.54) is 56.1 Å². The molecule has 1 saturated carbocycles. The molecule has 1 nitrogen and oxygen atoms in total. The number of rotatable bonds is 4. The van der Waals surface area contributed by atoms with Crippen LogP contribution in [0.25, 0.3) is 0 Å². The predicted molar refractivity (Wildman–Crippen MR) is 77.6 cm³/mol. The molecule has 0 aromatic heterocycles. The Kier molecular flexibility index (Phi) is 5.73. The van der Waals surface area contributed by atoms with Gasteiger partial charge in [-0.05, 0) is 37.7 Å². The van der Waals surface area contributed by atoms with E-state index in [-0.39, 0.29) is 0 Å². The van der Waals surface area contributed by atoms with Crippen molar-refractivity contribution >= 4 is 0 Å². The molecular weight excluding hydrogens is 218 g/mol. The largest absolute Gasteiger partial charge is 0.340 e. The van der Waals surface area contributed by atoms with Crippen LogP contribution in [0.2, 0.25) is 0 Å². The number of hydrogen-bond donors (Lipinski definition) is 1. The molecule has 0 aliphatic heterocycles. The highest BCUT2D eigenvalue weighted by Gasteiger charge is 2.13. The molecule has 0 unspecified atom stereocenters. The van der Waals surface area contributed by atoms with Crippen LogP contribution in [0.4, 0.5) is 0 Å². The first kappa shape index (κ1) is 13.6. The molecule has 0 amide bonds. The van der Waals surface area contributed by atoms with E-state index in [0.29, 0.717) is 0 Å². The van der Waals surface area contributed by atoms with E-state index >= 15 is 0 Å². The molecule has 1 heteroatoms. The second-order valence-electron chi connectivity index (χ2n) is 5.72. The highest BCUT2D eigenvalue weighted by atomic mass is 14.9. The highest BCUT2D eigenvalue weighted by molar-refractivity contribution is 5.21. The van der Waals surface area contributed by atoms with Crippen LogP contribution >= 0.6 is 0 Å². The molecule has 2 rings (SSSR count). The van der Waals surface area contributed by atoms with Gasteiger partial charge in [0.25, 0.3) is 0 Å². The van der Waals surface area contributed by atoms with E-state index in [2.05, 4.69) is 36.5 Å². The highest BCUT2D eigenvalue weighted by Crippen LogP contribution is 2.15. The van der Waals surface area contributed by atoms with Gasteiger partial charge in [0, 0.05) is 5.56 Å². The molecule has 0 bridgehead atoms. The van der Waals surface area contributed by atoms with Gasteiger partial charge in [0.05, 0.1) is 6.04 Å². The molecule has 1 aromatic rings. The van der Waals surface area contributed by atoms with Crippen molar-refractivity contribution in [2.45, 2.75) is 70.9 Å². The molecule has 0 atom stereocenters. The average molecular weight is 246 g/mol. The first-order chi connectivity index (χ1) is 8.88. The fraction of sp³-hybridized carbons (Fsp3) is 0.647. The van der Waals surface area contributed by atoms with Crippen molar-refractivity contribution in [1.29, 1.82) is 0 Å². The smallest absolute Gasteiger partial charge is 0.101 e. The molecule has 100 valence electrons. The summed E-state index contributed by atoms with van der Waals surface area (Å²) < 4.78 is 0. The third kappa shape index (κ3) is 4.45. The van der Waals surface area contributed by atoms with Gasteiger partial charge < -0.3 is 5.32 Å². The lowest BCUT2D eigenvalue weighted by molar-refractivity contribution is -0.706. The minimum absolute atomic E-state index is 0.871. The third-order valence-corrected chi connectivity index (χ3v) is 4.27. The van der Waals surface area contributed by atoms with Gasteiger partial charge >= 0.3 is 0 Å². The minimum Gasteiger partial charge on any atom is -0.340 e. The Morgan fingerprint density at radius 1 is 0.889 bits per heavy atom. The standard InChI is InChI=1S/C17H27N/c1-2-15-10-12-16(13-11-15)14-18-17-8-6-4-3-5-7-9-17/h10-13,17-18H,2-9,14H2,1H3/p+1. The maximum Gasteiger partial charge on any atom is 0.101 e. The molecule has 1 aliphatic carbocycles. The van der Waals surface area contributed by atoms with Gasteiger partial charge in [-0.2, -0.15) is 0 Å². The van der Waals surface area contributed by atoms with Crippen molar-refractivity contribution in [2.24, 2.45) is 0 Å². The predicted octanol–water partition coefficient (Wildman–Crippen LogP) is 3.43. The van der Waals surface area contributed by atoms with Gasteiger partial charge in [-0.3, -0.25) is 0 Å². The van der Waals surface area contributed by atoms with Gasteiger partial charge in [0.15, 0.2) is 0 Å². The van der Waals surface area contributed by atoms with Crippen molar-refractivity contribution in [3.8, 4) is 0 Å². The number of nitrogens with two attached hydrogens (primary N) is 1. The van der Waals surface area contributed by atoms with Crippen LogP contribution in [0, 0.1) is 0 Å². The Morgan fingerprint density at radius 3 is 2.06 bits per heavy atom. The first-order valence-electron chi connectivity index (χ1n) is 7.79. The normalized spacial score (nSPS) is 18.3. The molecule has 18 heavy (non-hydrogen) atoms. The van der Waals surface area contributed by atoms with E-state index in [4.69, 9.17) is 0 Å². The Hall–Kier alpha value is -0.820. The SMILES string of the molecule is CCc1ccc(C[NH2+]C2CCCCCCC2)cc1. The van der Waals surface area contributed by atoms with Gasteiger partial charge in [0.1, 0.15) is 6.54 Å². The molecule has 1 fully saturated rings. The lowest BCUT2D eigenvalue weighted by Crippen LogP contribution is -2.88. The van der Waals surface area contributed by atoms with E-state index in [1.54, 1.807) is 0 Å². The summed E-state index contributed by atoms with van der Waals surface area (Å²) in [7, 11) is 0. The van der Waals surface area contributed by atoms with Gasteiger partial charge in [-0.25, -0.2) is 0 Å².